The fourth-order valence-electron chi connectivity index (χ4n) is 1.60. The Labute approximate surface area is 108 Å². The lowest BCUT2D eigenvalue weighted by molar-refractivity contribution is -0.0497. The number of carbonyl (C=O) groups is 1. The second-order valence-electron chi connectivity index (χ2n) is 3.68. The number of hydrogen-bond donors (Lipinski definition) is 0. The molecule has 0 spiro atoms. The van der Waals surface area contributed by atoms with Gasteiger partial charge in [-0.25, -0.2) is 4.79 Å². The van der Waals surface area contributed by atoms with Crippen molar-refractivity contribution in [2.75, 3.05) is 6.61 Å². The first-order chi connectivity index (χ1) is 9.10. The Morgan fingerprint density at radius 3 is 2.84 bits per heavy atom. The highest BCUT2D eigenvalue weighted by Crippen LogP contribution is 2.21. The molecule has 0 fully saturated rings. The van der Waals surface area contributed by atoms with Gasteiger partial charge in [-0.15, -0.1) is 0 Å². The number of aromatic nitrogens is 1. The summed E-state index contributed by atoms with van der Waals surface area (Å²) in [7, 11) is 0. The molecule has 19 heavy (non-hydrogen) atoms. The molecule has 0 saturated carbocycles. The van der Waals surface area contributed by atoms with Crippen LogP contribution in [0, 0.1) is 0 Å². The van der Waals surface area contributed by atoms with Crippen LogP contribution < -0.4 is 4.74 Å². The first-order valence-electron chi connectivity index (χ1n) is 5.62. The van der Waals surface area contributed by atoms with Crippen LogP contribution in [0.25, 0.3) is 10.9 Å². The van der Waals surface area contributed by atoms with Crippen LogP contribution >= 0.6 is 0 Å². The summed E-state index contributed by atoms with van der Waals surface area (Å²) < 4.78 is 33.3. The van der Waals surface area contributed by atoms with Crippen molar-refractivity contribution in [1.82, 2.24) is 4.98 Å². The number of carbonyl (C=O) groups excluding carboxylic acids is 1. The number of halogens is 2. The summed E-state index contributed by atoms with van der Waals surface area (Å²) in [6.07, 6.45) is 1.34. The summed E-state index contributed by atoms with van der Waals surface area (Å²) >= 11 is 0. The van der Waals surface area contributed by atoms with E-state index in [1.54, 1.807) is 19.1 Å². The summed E-state index contributed by atoms with van der Waals surface area (Å²) in [6, 6.07) is 5.93. The number of ether oxygens (including phenoxy) is 2. The summed E-state index contributed by atoms with van der Waals surface area (Å²) in [5, 5.41) is 0.646. The van der Waals surface area contributed by atoms with Crippen LogP contribution in [0.3, 0.4) is 0 Å². The molecule has 1 heterocycles. The van der Waals surface area contributed by atoms with E-state index in [-0.39, 0.29) is 12.4 Å². The molecule has 0 atom stereocenters. The topological polar surface area (TPSA) is 48.4 Å². The lowest BCUT2D eigenvalue weighted by atomic mass is 10.1. The molecule has 2 aromatic rings. The average Bonchev–Trinajstić information content (AvgIpc) is 2.37. The fraction of sp³-hybridized carbons (Fsp3) is 0.231. The van der Waals surface area contributed by atoms with Gasteiger partial charge in [-0.05, 0) is 25.1 Å². The molecule has 0 unspecified atom stereocenters. The highest BCUT2D eigenvalue weighted by molar-refractivity contribution is 5.93. The van der Waals surface area contributed by atoms with E-state index >= 15 is 0 Å². The third-order valence-corrected chi connectivity index (χ3v) is 2.39. The highest BCUT2D eigenvalue weighted by atomic mass is 19.3. The summed E-state index contributed by atoms with van der Waals surface area (Å²) in [5.74, 6) is -0.441. The lowest BCUT2D eigenvalue weighted by Gasteiger charge is -2.06. The van der Waals surface area contributed by atoms with Crippen LogP contribution in [-0.4, -0.2) is 24.2 Å². The van der Waals surface area contributed by atoms with Gasteiger partial charge in [-0.2, -0.15) is 8.78 Å². The van der Waals surface area contributed by atoms with Crippen LogP contribution in [0.2, 0.25) is 0 Å². The Balaban J connectivity index is 2.32. The van der Waals surface area contributed by atoms with Gasteiger partial charge in [0.2, 0.25) is 0 Å². The SMILES string of the molecule is CCOC(=O)c1cnc2cc(OC(F)F)ccc2c1. The van der Waals surface area contributed by atoms with Crippen molar-refractivity contribution >= 4 is 16.9 Å². The van der Waals surface area contributed by atoms with Crippen molar-refractivity contribution in [1.29, 1.82) is 0 Å². The molecule has 0 aliphatic rings. The van der Waals surface area contributed by atoms with E-state index in [1.165, 1.54) is 18.3 Å². The largest absolute Gasteiger partial charge is 0.462 e. The Kier molecular flexibility index (Phi) is 3.89. The molecular weight excluding hydrogens is 256 g/mol. The molecule has 4 nitrogen and oxygen atoms in total. The number of hydrogen-bond acceptors (Lipinski definition) is 4. The van der Waals surface area contributed by atoms with Crippen LogP contribution in [0.1, 0.15) is 17.3 Å². The molecule has 2 rings (SSSR count). The van der Waals surface area contributed by atoms with Crippen molar-refractivity contribution in [2.45, 2.75) is 13.5 Å². The van der Waals surface area contributed by atoms with Crippen molar-refractivity contribution < 1.29 is 23.0 Å². The molecule has 1 aromatic carbocycles. The summed E-state index contributed by atoms with van der Waals surface area (Å²) in [4.78, 5) is 15.5. The van der Waals surface area contributed by atoms with E-state index in [0.29, 0.717) is 16.5 Å². The molecule has 0 amide bonds. The number of alkyl halides is 2. The minimum Gasteiger partial charge on any atom is -0.462 e. The third-order valence-electron chi connectivity index (χ3n) is 2.39. The highest BCUT2D eigenvalue weighted by Gasteiger charge is 2.09. The molecule has 0 saturated heterocycles. The summed E-state index contributed by atoms with van der Waals surface area (Å²) in [5.41, 5.74) is 0.781. The third kappa shape index (κ3) is 3.15. The molecular formula is C13H11F2NO3. The number of fused-ring (bicyclic) bond motifs is 1. The quantitative estimate of drug-likeness (QED) is 0.799. The zero-order valence-corrected chi connectivity index (χ0v) is 10.1. The first kappa shape index (κ1) is 13.2. The lowest BCUT2D eigenvalue weighted by Crippen LogP contribution is -2.05. The predicted octanol–water partition coefficient (Wildman–Crippen LogP) is 3.01. The molecule has 0 bridgehead atoms. The first-order valence-corrected chi connectivity index (χ1v) is 5.62. The van der Waals surface area contributed by atoms with Crippen molar-refractivity contribution in [2.24, 2.45) is 0 Å². The van der Waals surface area contributed by atoms with Gasteiger partial charge in [-0.1, -0.05) is 0 Å². The number of pyridine rings is 1. The monoisotopic (exact) mass is 267 g/mol. The zero-order valence-electron chi connectivity index (χ0n) is 10.1. The van der Waals surface area contributed by atoms with Gasteiger partial charge >= 0.3 is 12.6 Å². The maximum atomic E-state index is 12.1. The number of esters is 1. The molecule has 0 N–H and O–H groups in total. The molecule has 0 aliphatic heterocycles. The van der Waals surface area contributed by atoms with E-state index in [9.17, 15) is 13.6 Å². The van der Waals surface area contributed by atoms with Gasteiger partial charge in [-0.3, -0.25) is 4.98 Å². The molecule has 0 aliphatic carbocycles. The Morgan fingerprint density at radius 2 is 2.16 bits per heavy atom. The standard InChI is InChI=1S/C13H11F2NO3/c1-2-18-12(17)9-5-8-3-4-10(19-13(14)15)6-11(8)16-7-9/h3-7,13H,2H2,1H3. The van der Waals surface area contributed by atoms with Gasteiger partial charge in [0, 0.05) is 17.6 Å². The van der Waals surface area contributed by atoms with Crippen LogP contribution in [0.5, 0.6) is 5.75 Å². The maximum Gasteiger partial charge on any atom is 0.387 e. The molecule has 100 valence electrons. The maximum absolute atomic E-state index is 12.1. The zero-order chi connectivity index (χ0) is 13.8. The van der Waals surface area contributed by atoms with E-state index in [1.807, 2.05) is 0 Å². The number of benzene rings is 1. The van der Waals surface area contributed by atoms with Crippen LogP contribution in [0.15, 0.2) is 30.5 Å². The fourth-order valence-corrected chi connectivity index (χ4v) is 1.60. The minimum atomic E-state index is -2.88. The van der Waals surface area contributed by atoms with Gasteiger partial charge in [0.15, 0.2) is 0 Å². The Morgan fingerprint density at radius 1 is 1.37 bits per heavy atom. The Hall–Kier alpha value is -2.24. The van der Waals surface area contributed by atoms with Gasteiger partial charge in [0.1, 0.15) is 5.75 Å². The normalized spacial score (nSPS) is 10.7. The van der Waals surface area contributed by atoms with Gasteiger partial charge < -0.3 is 9.47 Å². The summed E-state index contributed by atoms with van der Waals surface area (Å²) in [6.45, 7) is -0.894. The number of nitrogens with zero attached hydrogens (tertiary/aromatic N) is 1. The van der Waals surface area contributed by atoms with E-state index in [4.69, 9.17) is 4.74 Å². The smallest absolute Gasteiger partial charge is 0.387 e. The van der Waals surface area contributed by atoms with Gasteiger partial charge in [0.25, 0.3) is 0 Å². The van der Waals surface area contributed by atoms with Crippen molar-refractivity contribution in [3.63, 3.8) is 0 Å². The van der Waals surface area contributed by atoms with Crippen molar-refractivity contribution in [3.05, 3.63) is 36.0 Å². The van der Waals surface area contributed by atoms with Crippen molar-refractivity contribution in [3.8, 4) is 5.75 Å². The van der Waals surface area contributed by atoms with E-state index < -0.39 is 12.6 Å². The number of rotatable bonds is 4. The predicted molar refractivity (Wildman–Crippen MR) is 64.3 cm³/mol. The second kappa shape index (κ2) is 5.60. The molecule has 6 heteroatoms. The van der Waals surface area contributed by atoms with E-state index in [0.717, 1.165) is 0 Å². The van der Waals surface area contributed by atoms with E-state index in [2.05, 4.69) is 9.72 Å². The Bertz CT molecular complexity index is 601. The second-order valence-corrected chi connectivity index (χ2v) is 3.68. The average molecular weight is 267 g/mol. The van der Waals surface area contributed by atoms with Crippen LogP contribution in [-0.2, 0) is 4.74 Å². The minimum absolute atomic E-state index is 0.0267. The molecule has 0 radical (unpaired) electrons. The molecule has 1 aromatic heterocycles. The van der Waals surface area contributed by atoms with Crippen LogP contribution in [0.4, 0.5) is 8.78 Å². The van der Waals surface area contributed by atoms with Gasteiger partial charge in [0.05, 0.1) is 17.7 Å².